The molecule has 3 aromatic rings. The predicted molar refractivity (Wildman–Crippen MR) is 155 cm³/mol. The minimum Gasteiger partial charge on any atom is -0.494 e. The summed E-state index contributed by atoms with van der Waals surface area (Å²) in [6.07, 6.45) is 4.35. The van der Waals surface area contributed by atoms with Gasteiger partial charge in [-0.1, -0.05) is 0 Å². The van der Waals surface area contributed by atoms with Crippen LogP contribution in [0.25, 0.3) is 0 Å². The molecule has 1 atom stereocenters. The number of hydroxylamine groups is 1. The van der Waals surface area contributed by atoms with E-state index in [1.807, 2.05) is 6.07 Å². The Bertz CT molecular complexity index is 1330. The first-order chi connectivity index (χ1) is 20.0. The maximum Gasteiger partial charge on any atom is 0.158 e. The van der Waals surface area contributed by atoms with Gasteiger partial charge in [0.05, 0.1) is 25.4 Å². The van der Waals surface area contributed by atoms with Crippen LogP contribution in [0.3, 0.4) is 0 Å². The van der Waals surface area contributed by atoms with Gasteiger partial charge in [-0.15, -0.1) is 0 Å². The van der Waals surface area contributed by atoms with Gasteiger partial charge in [0.2, 0.25) is 0 Å². The van der Waals surface area contributed by atoms with Crippen molar-refractivity contribution in [2.24, 2.45) is 0 Å². The molecule has 6 rings (SSSR count). The van der Waals surface area contributed by atoms with E-state index in [1.165, 1.54) is 18.5 Å². The van der Waals surface area contributed by atoms with Crippen LogP contribution in [-0.4, -0.2) is 85.8 Å². The number of likely N-dealkylation sites (N-methyl/N-ethyl adjacent to an activating group) is 1. The lowest BCUT2D eigenvalue weighted by atomic mass is 10.0. The SMILES string of the molecule is COc1cc(N2CCC(N3CCN(C)CC3)CC2)ccc1Nc1cc(N2OCCC2c2cc(F)cc(F)c2)ncn1. The molecule has 11 heteroatoms. The van der Waals surface area contributed by atoms with Gasteiger partial charge in [0.1, 0.15) is 29.5 Å². The third-order valence-electron chi connectivity index (χ3n) is 8.38. The van der Waals surface area contributed by atoms with Crippen molar-refractivity contribution in [1.29, 1.82) is 0 Å². The first-order valence-electron chi connectivity index (χ1n) is 14.3. The van der Waals surface area contributed by atoms with Gasteiger partial charge >= 0.3 is 0 Å². The molecule has 4 heterocycles. The number of anilines is 4. The summed E-state index contributed by atoms with van der Waals surface area (Å²) in [6, 6.07) is 11.8. The monoisotopic (exact) mass is 565 g/mol. The van der Waals surface area contributed by atoms with Crippen LogP contribution < -0.4 is 20.0 Å². The fraction of sp³-hybridized carbons (Fsp3) is 0.467. The molecule has 0 amide bonds. The highest BCUT2D eigenvalue weighted by Crippen LogP contribution is 2.37. The summed E-state index contributed by atoms with van der Waals surface area (Å²) in [7, 11) is 3.86. The molecule has 218 valence electrons. The average Bonchev–Trinajstić information content (AvgIpc) is 3.48. The van der Waals surface area contributed by atoms with Crippen molar-refractivity contribution < 1.29 is 18.4 Å². The van der Waals surface area contributed by atoms with Gasteiger partial charge in [-0.25, -0.2) is 23.8 Å². The maximum absolute atomic E-state index is 13.9. The first kappa shape index (κ1) is 27.6. The lowest BCUT2D eigenvalue weighted by Gasteiger charge is -2.42. The summed E-state index contributed by atoms with van der Waals surface area (Å²) in [6.45, 7) is 7.08. The molecule has 41 heavy (non-hydrogen) atoms. The summed E-state index contributed by atoms with van der Waals surface area (Å²) in [5.41, 5.74) is 2.42. The first-order valence-corrected chi connectivity index (χ1v) is 14.3. The highest BCUT2D eigenvalue weighted by Gasteiger charge is 2.30. The van der Waals surface area contributed by atoms with E-state index in [4.69, 9.17) is 9.57 Å². The zero-order valence-corrected chi connectivity index (χ0v) is 23.6. The number of hydrogen-bond acceptors (Lipinski definition) is 9. The van der Waals surface area contributed by atoms with Crippen molar-refractivity contribution in [3.8, 4) is 5.75 Å². The van der Waals surface area contributed by atoms with E-state index >= 15 is 0 Å². The quantitative estimate of drug-likeness (QED) is 0.443. The number of hydrogen-bond donors (Lipinski definition) is 1. The number of nitrogens with zero attached hydrogens (tertiary/aromatic N) is 6. The van der Waals surface area contributed by atoms with E-state index in [1.54, 1.807) is 18.2 Å². The van der Waals surface area contributed by atoms with Crippen LogP contribution in [0.5, 0.6) is 5.75 Å². The Morgan fingerprint density at radius 1 is 0.902 bits per heavy atom. The smallest absolute Gasteiger partial charge is 0.158 e. The molecular formula is C30H37F2N7O2. The fourth-order valence-electron chi connectivity index (χ4n) is 6.10. The van der Waals surface area contributed by atoms with Gasteiger partial charge in [0.25, 0.3) is 0 Å². The predicted octanol–water partition coefficient (Wildman–Crippen LogP) is 4.61. The standard InChI is InChI=1S/C30H37F2N7O2/c1-36-10-12-38(13-11-36)24-5-8-37(9-6-24)25-3-4-26(28(18-25)40-2)35-29-19-30(34-20-33-29)39-27(7-14-41-39)21-15-22(31)17-23(32)16-21/h3-4,15-20,24,27H,5-14H2,1-2H3,(H,33,34,35). The van der Waals surface area contributed by atoms with Crippen LogP contribution >= 0.6 is 0 Å². The average molecular weight is 566 g/mol. The molecule has 0 bridgehead atoms. The van der Waals surface area contributed by atoms with Crippen molar-refractivity contribution in [2.75, 3.05) is 75.3 Å². The number of rotatable bonds is 7. The van der Waals surface area contributed by atoms with Crippen molar-refractivity contribution in [2.45, 2.75) is 31.3 Å². The Kier molecular flexibility index (Phi) is 8.18. The molecule has 2 aromatic carbocycles. The van der Waals surface area contributed by atoms with E-state index in [0.29, 0.717) is 36.3 Å². The second-order valence-corrected chi connectivity index (χ2v) is 11.0. The molecular weight excluding hydrogens is 528 g/mol. The Balaban J connectivity index is 1.13. The van der Waals surface area contributed by atoms with E-state index in [2.05, 4.69) is 49.2 Å². The van der Waals surface area contributed by atoms with Crippen molar-refractivity contribution >= 4 is 23.0 Å². The van der Waals surface area contributed by atoms with E-state index < -0.39 is 11.6 Å². The second-order valence-electron chi connectivity index (χ2n) is 11.0. The molecule has 0 saturated carbocycles. The Hall–Kier alpha value is -3.54. The van der Waals surface area contributed by atoms with E-state index in [0.717, 1.165) is 75.3 Å². The highest BCUT2D eigenvalue weighted by atomic mass is 19.1. The summed E-state index contributed by atoms with van der Waals surface area (Å²) in [5, 5.41) is 4.93. The topological polar surface area (TPSA) is 69.2 Å². The van der Waals surface area contributed by atoms with E-state index in [9.17, 15) is 8.78 Å². The van der Waals surface area contributed by atoms with Gasteiger partial charge in [0.15, 0.2) is 5.82 Å². The maximum atomic E-state index is 13.9. The molecule has 1 N–H and O–H groups in total. The molecule has 1 unspecified atom stereocenters. The van der Waals surface area contributed by atoms with Crippen LogP contribution in [0.15, 0.2) is 48.8 Å². The van der Waals surface area contributed by atoms with Crippen molar-refractivity contribution in [3.63, 3.8) is 0 Å². The number of methoxy groups -OCH3 is 1. The van der Waals surface area contributed by atoms with Crippen LogP contribution in [0.2, 0.25) is 0 Å². The zero-order valence-electron chi connectivity index (χ0n) is 23.6. The van der Waals surface area contributed by atoms with Crippen molar-refractivity contribution in [1.82, 2.24) is 19.8 Å². The van der Waals surface area contributed by atoms with Crippen LogP contribution in [0.4, 0.5) is 31.8 Å². The number of halogens is 2. The van der Waals surface area contributed by atoms with Gasteiger partial charge in [-0.3, -0.25) is 9.74 Å². The summed E-state index contributed by atoms with van der Waals surface area (Å²) in [4.78, 5) is 22.0. The Labute approximate surface area is 239 Å². The molecule has 0 radical (unpaired) electrons. The number of piperidine rings is 1. The highest BCUT2D eigenvalue weighted by molar-refractivity contribution is 5.70. The molecule has 3 fully saturated rings. The van der Waals surface area contributed by atoms with Crippen LogP contribution in [0, 0.1) is 11.6 Å². The normalized spacial score (nSPS) is 20.9. The largest absolute Gasteiger partial charge is 0.494 e. The zero-order chi connectivity index (χ0) is 28.3. The molecule has 3 aliphatic heterocycles. The third-order valence-corrected chi connectivity index (χ3v) is 8.38. The minimum absolute atomic E-state index is 0.364. The van der Waals surface area contributed by atoms with Gasteiger partial charge in [0, 0.05) is 75.6 Å². The van der Waals surface area contributed by atoms with Crippen molar-refractivity contribution in [3.05, 3.63) is 66.0 Å². The molecule has 3 aliphatic rings. The number of piperazine rings is 1. The molecule has 0 spiro atoms. The van der Waals surface area contributed by atoms with Gasteiger partial charge < -0.3 is 19.9 Å². The lowest BCUT2D eigenvalue weighted by molar-refractivity contribution is 0.0982. The summed E-state index contributed by atoms with van der Waals surface area (Å²) < 4.78 is 33.5. The van der Waals surface area contributed by atoms with Crippen LogP contribution in [-0.2, 0) is 4.84 Å². The fourth-order valence-corrected chi connectivity index (χ4v) is 6.10. The summed E-state index contributed by atoms with van der Waals surface area (Å²) >= 11 is 0. The number of ether oxygens (including phenoxy) is 1. The second kappa shape index (κ2) is 12.1. The van der Waals surface area contributed by atoms with Gasteiger partial charge in [-0.05, 0) is 49.7 Å². The Morgan fingerprint density at radius 3 is 2.39 bits per heavy atom. The molecule has 3 saturated heterocycles. The Morgan fingerprint density at radius 2 is 1.66 bits per heavy atom. The van der Waals surface area contributed by atoms with Crippen LogP contribution in [0.1, 0.15) is 30.9 Å². The molecule has 9 nitrogen and oxygen atoms in total. The summed E-state index contributed by atoms with van der Waals surface area (Å²) in [5.74, 6) is 0.523. The van der Waals surface area contributed by atoms with Gasteiger partial charge in [-0.2, -0.15) is 0 Å². The third kappa shape index (κ3) is 6.22. The van der Waals surface area contributed by atoms with E-state index in [-0.39, 0.29) is 6.04 Å². The lowest BCUT2D eigenvalue weighted by Crippen LogP contribution is -2.52. The number of nitrogens with one attached hydrogen (secondary N) is 1. The molecule has 1 aromatic heterocycles. The number of aromatic nitrogens is 2. The number of benzene rings is 2. The molecule has 0 aliphatic carbocycles. The minimum atomic E-state index is -0.619.